The second-order valence-electron chi connectivity index (χ2n) is 9.22. The Hall–Kier alpha value is -2.93. The average Bonchev–Trinajstić information content (AvgIpc) is 2.97. The van der Waals surface area contributed by atoms with Crippen molar-refractivity contribution in [2.24, 2.45) is 4.76 Å². The van der Waals surface area contributed by atoms with E-state index in [1.54, 1.807) is 11.5 Å². The average molecular weight is 523 g/mol. The van der Waals surface area contributed by atoms with Crippen molar-refractivity contribution >= 4 is 40.1 Å². The number of sulfonamides is 1. The van der Waals surface area contributed by atoms with E-state index < -0.39 is 23.0 Å². The zero-order valence-corrected chi connectivity index (χ0v) is 22.1. The summed E-state index contributed by atoms with van der Waals surface area (Å²) in [5.74, 6) is 2.12. The van der Waals surface area contributed by atoms with Crippen LogP contribution in [0.4, 0.5) is 11.4 Å². The van der Waals surface area contributed by atoms with Gasteiger partial charge in [0.1, 0.15) is 5.56 Å². The minimum absolute atomic E-state index is 0.000418. The van der Waals surface area contributed by atoms with Gasteiger partial charge >= 0.3 is 7.52 Å². The number of benzene rings is 1. The summed E-state index contributed by atoms with van der Waals surface area (Å²) >= 11 is 0. The Morgan fingerprint density at radius 1 is 1.31 bits per heavy atom. The maximum atomic E-state index is 13.9. The molecule has 1 aliphatic rings. The van der Waals surface area contributed by atoms with Gasteiger partial charge in [0.2, 0.25) is 15.9 Å². The van der Waals surface area contributed by atoms with E-state index in [9.17, 15) is 23.2 Å². The lowest BCUT2D eigenvalue weighted by molar-refractivity contribution is 0.341. The van der Waals surface area contributed by atoms with Crippen LogP contribution >= 0.6 is 7.52 Å². The van der Waals surface area contributed by atoms with Gasteiger partial charge in [-0.2, -0.15) is 4.76 Å². The number of hydrogen-bond acceptors (Lipinski definition) is 7. The lowest BCUT2D eigenvalue weighted by Gasteiger charge is -2.25. The van der Waals surface area contributed by atoms with Crippen LogP contribution in [0.15, 0.2) is 23.0 Å². The van der Waals surface area contributed by atoms with Gasteiger partial charge in [0, 0.05) is 24.1 Å². The molecule has 1 aromatic carbocycles. The van der Waals surface area contributed by atoms with E-state index in [4.69, 9.17) is 10.9 Å². The van der Waals surface area contributed by atoms with Gasteiger partial charge < -0.3 is 24.6 Å². The molecule has 1 aliphatic heterocycles. The Bertz CT molecular complexity index is 1370. The van der Waals surface area contributed by atoms with Crippen LogP contribution in [-0.2, 0) is 31.1 Å². The number of hydrogen-bond donors (Lipinski definition) is 4. The Balaban J connectivity index is 2.18. The molecule has 190 valence electrons. The summed E-state index contributed by atoms with van der Waals surface area (Å²) in [6, 6.07) is 4.43. The van der Waals surface area contributed by atoms with E-state index in [1.165, 1.54) is 18.2 Å². The third-order valence-corrected chi connectivity index (χ3v) is 7.91. The molecule has 0 saturated carbocycles. The molecule has 35 heavy (non-hydrogen) atoms. The van der Waals surface area contributed by atoms with Crippen molar-refractivity contribution in [2.45, 2.75) is 52.5 Å². The van der Waals surface area contributed by atoms with E-state index in [-0.39, 0.29) is 40.6 Å². The number of amidine groups is 1. The van der Waals surface area contributed by atoms with Crippen molar-refractivity contribution in [3.63, 3.8) is 0 Å². The topological polar surface area (TPSA) is 142 Å². The van der Waals surface area contributed by atoms with Gasteiger partial charge in [-0.3, -0.25) is 9.29 Å². The highest BCUT2D eigenvalue weighted by atomic mass is 32.2. The maximum Gasteiger partial charge on any atom is 0.348 e. The van der Waals surface area contributed by atoms with Crippen LogP contribution in [0.25, 0.3) is 0 Å². The molecule has 2 aromatic rings. The number of aromatic nitrogens is 1. The van der Waals surface area contributed by atoms with Crippen LogP contribution < -0.4 is 15.3 Å². The minimum atomic E-state index is -3.90. The molecule has 0 amide bonds. The molecule has 0 fully saturated rings. The highest BCUT2D eigenvalue weighted by Crippen LogP contribution is 2.53. The van der Waals surface area contributed by atoms with E-state index in [0.717, 1.165) is 6.26 Å². The van der Waals surface area contributed by atoms with Crippen molar-refractivity contribution in [3.05, 3.63) is 29.5 Å². The van der Waals surface area contributed by atoms with Crippen LogP contribution in [-0.4, -0.2) is 41.9 Å². The summed E-state index contributed by atoms with van der Waals surface area (Å²) in [5.41, 5.74) is 0.490. The summed E-state index contributed by atoms with van der Waals surface area (Å²) in [4.78, 5) is 0. The van der Waals surface area contributed by atoms with Gasteiger partial charge in [0.25, 0.3) is 0 Å². The molecule has 3 rings (SSSR count). The first kappa shape index (κ1) is 26.7. The van der Waals surface area contributed by atoms with Crippen molar-refractivity contribution in [1.29, 1.82) is 0 Å². The van der Waals surface area contributed by atoms with Crippen molar-refractivity contribution in [1.82, 2.24) is 4.57 Å². The highest BCUT2D eigenvalue weighted by Gasteiger charge is 2.38. The van der Waals surface area contributed by atoms with E-state index >= 15 is 0 Å². The predicted octanol–water partition coefficient (Wildman–Crippen LogP) is 3.71. The number of fused-ring (bicyclic) bond motifs is 1. The monoisotopic (exact) mass is 522 g/mol. The summed E-state index contributed by atoms with van der Waals surface area (Å²) in [6.45, 7) is 7.78. The Morgan fingerprint density at radius 3 is 2.57 bits per heavy atom. The van der Waals surface area contributed by atoms with Crippen LogP contribution in [0, 0.1) is 12.3 Å². The normalized spacial score (nSPS) is 17.8. The number of terminal acetylenes is 1. The number of unbranched alkanes of at least 4 members (excludes halogenated alkanes) is 1. The zero-order valence-electron chi connectivity index (χ0n) is 20.4. The summed E-state index contributed by atoms with van der Waals surface area (Å²) in [6.07, 6.45) is 7.45. The number of aromatic hydroxyl groups is 2. The lowest BCUT2D eigenvalue weighted by atomic mass is 9.91. The number of nitrogens with one attached hydrogen (secondary N) is 2. The molecular formula is C23H31N4O6PS. The number of nitrogens with zero attached hydrogens (tertiary/aromatic N) is 2. The molecule has 0 saturated heterocycles. The fraction of sp³-hybridized carbons (Fsp3) is 0.435. The van der Waals surface area contributed by atoms with Crippen molar-refractivity contribution in [2.75, 3.05) is 22.9 Å². The first-order valence-electron chi connectivity index (χ1n) is 11.0. The Morgan fingerprint density at radius 2 is 2.00 bits per heavy atom. The molecule has 0 aliphatic carbocycles. The fourth-order valence-electron chi connectivity index (χ4n) is 4.00. The highest BCUT2D eigenvalue weighted by molar-refractivity contribution is 7.92. The van der Waals surface area contributed by atoms with Crippen LogP contribution in [0.3, 0.4) is 0 Å². The van der Waals surface area contributed by atoms with Crippen LogP contribution in [0.2, 0.25) is 0 Å². The van der Waals surface area contributed by atoms with E-state index in [2.05, 4.69) is 20.7 Å². The lowest BCUT2D eigenvalue weighted by Crippen LogP contribution is -2.26. The number of anilines is 2. The third kappa shape index (κ3) is 5.50. The molecule has 2 heterocycles. The number of rotatable bonds is 8. The second-order valence-corrected chi connectivity index (χ2v) is 13.0. The molecule has 10 nitrogen and oxygen atoms in total. The maximum absolute atomic E-state index is 13.9. The van der Waals surface area contributed by atoms with Gasteiger partial charge in [-0.25, -0.2) is 8.42 Å². The minimum Gasteiger partial charge on any atom is -0.505 e. The molecule has 1 unspecified atom stereocenters. The molecule has 0 spiro atoms. The fourth-order valence-corrected chi connectivity index (χ4v) is 6.36. The molecule has 0 bridgehead atoms. The van der Waals surface area contributed by atoms with Crippen LogP contribution in [0.5, 0.6) is 11.6 Å². The Labute approximate surface area is 206 Å². The quantitative estimate of drug-likeness (QED) is 0.235. The second kappa shape index (κ2) is 9.61. The van der Waals surface area contributed by atoms with Crippen molar-refractivity contribution in [3.8, 4) is 24.0 Å². The molecule has 1 atom stereocenters. The first-order valence-corrected chi connectivity index (χ1v) is 14.5. The zero-order chi connectivity index (χ0) is 26.2. The first-order chi connectivity index (χ1) is 16.2. The van der Waals surface area contributed by atoms with Gasteiger partial charge in [0.05, 0.1) is 29.5 Å². The SMILES string of the molecule is C#CCCCn1c(O)c(C2=NP(=O)(OCC)c3cc(NS(C)(=O)=O)ccc3N2)c(O)c1C(C)(C)C. The molecule has 4 N–H and O–H groups in total. The smallest absolute Gasteiger partial charge is 0.348 e. The summed E-state index contributed by atoms with van der Waals surface area (Å²) in [5, 5.41) is 25.5. The van der Waals surface area contributed by atoms with E-state index in [0.29, 0.717) is 30.8 Å². The standard InChI is InChI=1S/C23H31N4O6PS/c1-7-9-10-13-27-20(23(3,4)5)19(28)18(22(27)29)21-24-16-12-11-15(26-35(6,31)32)14-17(16)34(30,25-21)33-8-2/h1,11-12,14,26,28-29H,8-10,13H2,2-6H3,(H,24,25,30). The third-order valence-electron chi connectivity index (χ3n) is 5.25. The van der Waals surface area contributed by atoms with Crippen LogP contribution in [0.1, 0.15) is 51.8 Å². The molecule has 12 heteroatoms. The predicted molar refractivity (Wildman–Crippen MR) is 138 cm³/mol. The summed E-state index contributed by atoms with van der Waals surface area (Å²) in [7, 11) is -7.46. The summed E-state index contributed by atoms with van der Waals surface area (Å²) < 4.78 is 51.0. The van der Waals surface area contributed by atoms with Crippen molar-refractivity contribution < 1.29 is 27.7 Å². The Kier molecular flexibility index (Phi) is 7.32. The van der Waals surface area contributed by atoms with Gasteiger partial charge in [-0.15, -0.1) is 12.3 Å². The molecule has 1 aromatic heterocycles. The molecular weight excluding hydrogens is 491 g/mol. The van der Waals surface area contributed by atoms with Gasteiger partial charge in [0.15, 0.2) is 11.6 Å². The molecule has 0 radical (unpaired) electrons. The van der Waals surface area contributed by atoms with E-state index in [1.807, 2.05) is 20.8 Å². The van der Waals surface area contributed by atoms with Gasteiger partial charge in [-0.1, -0.05) is 20.8 Å². The largest absolute Gasteiger partial charge is 0.505 e. The van der Waals surface area contributed by atoms with Gasteiger partial charge in [-0.05, 0) is 31.5 Å².